The third-order valence-corrected chi connectivity index (χ3v) is 4.45. The Labute approximate surface area is 142 Å². The molecule has 1 N–H and O–H groups in total. The van der Waals surface area contributed by atoms with E-state index in [1.54, 1.807) is 29.9 Å². The van der Waals surface area contributed by atoms with Gasteiger partial charge in [0.1, 0.15) is 18.0 Å². The summed E-state index contributed by atoms with van der Waals surface area (Å²) in [7, 11) is 2.86. The summed E-state index contributed by atoms with van der Waals surface area (Å²) < 4.78 is 12.6. The number of thiophene rings is 1. The molecule has 2 heterocycles. The Balaban J connectivity index is 1.87. The van der Waals surface area contributed by atoms with Gasteiger partial charge in [-0.1, -0.05) is 12.1 Å². The fourth-order valence-electron chi connectivity index (χ4n) is 2.50. The Kier molecular flexibility index (Phi) is 4.52. The molecule has 0 unspecified atom stereocenters. The molecule has 2 aromatic heterocycles. The highest BCUT2D eigenvalue weighted by molar-refractivity contribution is 7.17. The number of esters is 1. The number of benzene rings is 1. The van der Waals surface area contributed by atoms with E-state index in [2.05, 4.69) is 5.32 Å². The van der Waals surface area contributed by atoms with Gasteiger partial charge in [0.2, 0.25) is 5.91 Å². The van der Waals surface area contributed by atoms with Crippen molar-refractivity contribution >= 4 is 39.1 Å². The number of amides is 1. The van der Waals surface area contributed by atoms with Crippen LogP contribution in [0.5, 0.6) is 5.75 Å². The van der Waals surface area contributed by atoms with Crippen molar-refractivity contribution in [1.29, 1.82) is 0 Å². The summed E-state index contributed by atoms with van der Waals surface area (Å²) in [5.74, 6) is -0.149. The van der Waals surface area contributed by atoms with Crippen molar-refractivity contribution in [2.45, 2.75) is 6.54 Å². The van der Waals surface area contributed by atoms with Crippen LogP contribution in [0.4, 0.5) is 5.69 Å². The highest BCUT2D eigenvalue weighted by atomic mass is 32.1. The number of nitrogens with one attached hydrogen (secondary N) is 1. The lowest BCUT2D eigenvalue weighted by molar-refractivity contribution is -0.116. The summed E-state index contributed by atoms with van der Waals surface area (Å²) in [6.45, 7) is 0.00269. The maximum absolute atomic E-state index is 12.4. The summed E-state index contributed by atoms with van der Waals surface area (Å²) in [6, 6.07) is 10.8. The predicted molar refractivity (Wildman–Crippen MR) is 92.8 cm³/mol. The predicted octanol–water partition coefficient (Wildman–Crippen LogP) is 3.14. The van der Waals surface area contributed by atoms with Gasteiger partial charge in [-0.2, -0.15) is 0 Å². The summed E-state index contributed by atoms with van der Waals surface area (Å²) in [5, 5.41) is 4.72. The topological polar surface area (TPSA) is 69.6 Å². The number of fused-ring (bicyclic) bond motifs is 1. The number of carbonyl (C=O) groups is 2. The summed E-state index contributed by atoms with van der Waals surface area (Å²) >= 11 is 1.51. The molecular formula is C17H16N2O4S. The lowest BCUT2D eigenvalue weighted by Gasteiger charge is -2.12. The molecule has 3 aromatic rings. The quantitative estimate of drug-likeness (QED) is 0.722. The van der Waals surface area contributed by atoms with Crippen LogP contribution in [0.2, 0.25) is 0 Å². The molecule has 0 atom stereocenters. The van der Waals surface area contributed by atoms with Crippen LogP contribution in [0.25, 0.3) is 10.2 Å². The van der Waals surface area contributed by atoms with Crippen LogP contribution >= 0.6 is 11.3 Å². The van der Waals surface area contributed by atoms with Gasteiger partial charge in [0.15, 0.2) is 0 Å². The fraction of sp³-hybridized carbons (Fsp3) is 0.176. The zero-order valence-electron chi connectivity index (χ0n) is 13.2. The maximum atomic E-state index is 12.4. The molecule has 0 aliphatic carbocycles. The normalized spacial score (nSPS) is 10.6. The Morgan fingerprint density at radius 2 is 2.00 bits per heavy atom. The molecule has 6 nitrogen and oxygen atoms in total. The largest absolute Gasteiger partial charge is 0.495 e. The molecule has 0 aliphatic heterocycles. The van der Waals surface area contributed by atoms with Gasteiger partial charge in [0, 0.05) is 0 Å². The Morgan fingerprint density at radius 3 is 2.75 bits per heavy atom. The zero-order chi connectivity index (χ0) is 17.1. The number of aromatic nitrogens is 1. The molecule has 0 saturated carbocycles. The molecule has 24 heavy (non-hydrogen) atoms. The summed E-state index contributed by atoms with van der Waals surface area (Å²) in [4.78, 5) is 24.4. The first kappa shape index (κ1) is 16.1. The molecule has 124 valence electrons. The molecular weight excluding hydrogens is 328 g/mol. The third-order valence-electron chi connectivity index (χ3n) is 3.60. The first-order valence-corrected chi connectivity index (χ1v) is 8.10. The first-order valence-electron chi connectivity index (χ1n) is 7.22. The smallest absolute Gasteiger partial charge is 0.354 e. The second-order valence-electron chi connectivity index (χ2n) is 5.03. The standard InChI is InChI=1S/C17H16N2O4S/c1-22-14-6-4-3-5-11(14)18-16(20)10-19-12-7-8-24-15(12)9-13(19)17(21)23-2/h3-9H,10H2,1-2H3,(H,18,20). The van der Waals surface area contributed by atoms with Crippen molar-refractivity contribution in [2.24, 2.45) is 0 Å². The second kappa shape index (κ2) is 6.76. The van der Waals surface area contributed by atoms with Gasteiger partial charge in [-0.25, -0.2) is 4.79 Å². The highest BCUT2D eigenvalue weighted by Gasteiger charge is 2.19. The number of para-hydroxylation sites is 2. The molecule has 0 spiro atoms. The average Bonchev–Trinajstić information content (AvgIpc) is 3.17. The molecule has 1 aromatic carbocycles. The Hall–Kier alpha value is -2.80. The van der Waals surface area contributed by atoms with E-state index in [0.717, 1.165) is 10.2 Å². The molecule has 0 bridgehead atoms. The van der Waals surface area contributed by atoms with Gasteiger partial charge >= 0.3 is 5.97 Å². The van der Waals surface area contributed by atoms with Gasteiger partial charge in [-0.3, -0.25) is 4.79 Å². The van der Waals surface area contributed by atoms with E-state index in [1.807, 2.05) is 23.6 Å². The molecule has 7 heteroatoms. The van der Waals surface area contributed by atoms with Crippen LogP contribution < -0.4 is 10.1 Å². The van der Waals surface area contributed by atoms with E-state index in [-0.39, 0.29) is 12.5 Å². The van der Waals surface area contributed by atoms with E-state index in [0.29, 0.717) is 17.1 Å². The number of nitrogens with zero attached hydrogens (tertiary/aromatic N) is 1. The van der Waals surface area contributed by atoms with Gasteiger partial charge in [-0.05, 0) is 29.6 Å². The van der Waals surface area contributed by atoms with Crippen LogP contribution in [-0.2, 0) is 16.1 Å². The van der Waals surface area contributed by atoms with Crippen LogP contribution in [0.15, 0.2) is 41.8 Å². The number of methoxy groups -OCH3 is 2. The van der Waals surface area contributed by atoms with Gasteiger partial charge < -0.3 is 19.4 Å². The van der Waals surface area contributed by atoms with Crippen molar-refractivity contribution < 1.29 is 19.1 Å². The minimum absolute atomic E-state index is 0.00269. The van der Waals surface area contributed by atoms with Crippen molar-refractivity contribution in [3.63, 3.8) is 0 Å². The average molecular weight is 344 g/mol. The van der Waals surface area contributed by atoms with Crippen molar-refractivity contribution in [3.8, 4) is 5.75 Å². The van der Waals surface area contributed by atoms with E-state index >= 15 is 0 Å². The molecule has 0 saturated heterocycles. The Bertz CT molecular complexity index is 897. The van der Waals surface area contributed by atoms with Crippen molar-refractivity contribution in [3.05, 3.63) is 47.5 Å². The number of ether oxygens (including phenoxy) is 2. The minimum Gasteiger partial charge on any atom is -0.495 e. The SMILES string of the molecule is COC(=O)c1cc2sccc2n1CC(=O)Nc1ccccc1OC. The van der Waals surface area contributed by atoms with Crippen LogP contribution in [0.3, 0.4) is 0 Å². The number of carbonyl (C=O) groups excluding carboxylic acids is 2. The van der Waals surface area contributed by atoms with Crippen LogP contribution in [0, 0.1) is 0 Å². The van der Waals surface area contributed by atoms with E-state index in [4.69, 9.17) is 9.47 Å². The lowest BCUT2D eigenvalue weighted by atomic mass is 10.3. The van der Waals surface area contributed by atoms with Crippen LogP contribution in [-0.4, -0.2) is 30.7 Å². The second-order valence-corrected chi connectivity index (χ2v) is 5.97. The minimum atomic E-state index is -0.469. The summed E-state index contributed by atoms with van der Waals surface area (Å²) in [6.07, 6.45) is 0. The van der Waals surface area contributed by atoms with Gasteiger partial charge in [0.25, 0.3) is 0 Å². The molecule has 0 fully saturated rings. The Morgan fingerprint density at radius 1 is 1.21 bits per heavy atom. The van der Waals surface area contributed by atoms with Gasteiger partial charge in [0.05, 0.1) is 30.1 Å². The number of anilines is 1. The fourth-order valence-corrected chi connectivity index (χ4v) is 3.32. The highest BCUT2D eigenvalue weighted by Crippen LogP contribution is 2.27. The van der Waals surface area contributed by atoms with E-state index in [9.17, 15) is 9.59 Å². The van der Waals surface area contributed by atoms with Crippen LogP contribution in [0.1, 0.15) is 10.5 Å². The van der Waals surface area contributed by atoms with E-state index < -0.39 is 5.97 Å². The molecule has 3 rings (SSSR count). The first-order chi connectivity index (χ1) is 11.6. The van der Waals surface area contributed by atoms with Gasteiger partial charge in [-0.15, -0.1) is 11.3 Å². The number of hydrogen-bond acceptors (Lipinski definition) is 5. The lowest BCUT2D eigenvalue weighted by Crippen LogP contribution is -2.21. The monoisotopic (exact) mass is 344 g/mol. The number of rotatable bonds is 5. The van der Waals surface area contributed by atoms with Crippen molar-refractivity contribution in [1.82, 2.24) is 4.57 Å². The zero-order valence-corrected chi connectivity index (χ0v) is 14.1. The van der Waals surface area contributed by atoms with E-state index in [1.165, 1.54) is 18.4 Å². The van der Waals surface area contributed by atoms with Crippen molar-refractivity contribution in [2.75, 3.05) is 19.5 Å². The third kappa shape index (κ3) is 2.98. The molecule has 1 amide bonds. The maximum Gasteiger partial charge on any atom is 0.354 e. The molecule has 0 radical (unpaired) electrons. The number of hydrogen-bond donors (Lipinski definition) is 1. The molecule has 0 aliphatic rings. The summed E-state index contributed by atoms with van der Waals surface area (Å²) in [5.41, 5.74) is 1.77.